The summed E-state index contributed by atoms with van der Waals surface area (Å²) in [6.07, 6.45) is 1.64. The van der Waals surface area contributed by atoms with E-state index in [9.17, 15) is 4.79 Å². The van der Waals surface area contributed by atoms with Crippen LogP contribution in [0.4, 0.5) is 4.79 Å². The van der Waals surface area contributed by atoms with Crippen LogP contribution in [0.15, 0.2) is 0 Å². The Labute approximate surface area is 90.6 Å². The van der Waals surface area contributed by atoms with Gasteiger partial charge in [-0.25, -0.2) is 4.79 Å². The van der Waals surface area contributed by atoms with E-state index < -0.39 is 0 Å². The summed E-state index contributed by atoms with van der Waals surface area (Å²) in [5.74, 6) is 0. The number of carbonyl (C=O) groups is 1. The van der Waals surface area contributed by atoms with E-state index in [1.54, 1.807) is 11.9 Å². The maximum atomic E-state index is 11.5. The first-order valence-corrected chi connectivity index (χ1v) is 5.34. The molecule has 1 amide bonds. The molecule has 0 aromatic rings. The van der Waals surface area contributed by atoms with Crippen LogP contribution in [0.1, 0.15) is 12.8 Å². The Morgan fingerprint density at radius 2 is 2.13 bits per heavy atom. The molecule has 0 spiro atoms. The van der Waals surface area contributed by atoms with Gasteiger partial charge in [0, 0.05) is 13.1 Å². The molecule has 5 heteroatoms. The molecule has 5 nitrogen and oxygen atoms in total. The van der Waals surface area contributed by atoms with E-state index in [1.165, 1.54) is 0 Å². The number of rotatable bonds is 3. The summed E-state index contributed by atoms with van der Waals surface area (Å²) in [6, 6.07) is 0.271. The quantitative estimate of drug-likeness (QED) is 0.729. The standard InChI is InChI=1S/C10H20N2O3/c1-11-5-3-9(4-6-11)12(2)10(14)15-8-7-13/h9,13H,3-8H2,1-2H3. The molecule has 1 rings (SSSR count). The lowest BCUT2D eigenvalue weighted by molar-refractivity contribution is 0.0678. The van der Waals surface area contributed by atoms with E-state index >= 15 is 0 Å². The number of piperidine rings is 1. The summed E-state index contributed by atoms with van der Waals surface area (Å²) in [6.45, 7) is 1.99. The van der Waals surface area contributed by atoms with Gasteiger partial charge in [0.2, 0.25) is 0 Å². The fourth-order valence-electron chi connectivity index (χ4n) is 1.77. The average molecular weight is 216 g/mol. The second-order valence-corrected chi connectivity index (χ2v) is 3.98. The first-order valence-electron chi connectivity index (χ1n) is 5.34. The predicted molar refractivity (Wildman–Crippen MR) is 56.7 cm³/mol. The minimum Gasteiger partial charge on any atom is -0.447 e. The number of hydrogen-bond acceptors (Lipinski definition) is 4. The van der Waals surface area contributed by atoms with Gasteiger partial charge in [0.05, 0.1) is 6.61 Å². The summed E-state index contributed by atoms with van der Waals surface area (Å²) in [4.78, 5) is 15.4. The minimum absolute atomic E-state index is 0.0792. The molecule has 0 bridgehead atoms. The highest BCUT2D eigenvalue weighted by Gasteiger charge is 2.24. The van der Waals surface area contributed by atoms with Crippen molar-refractivity contribution in [3.8, 4) is 0 Å². The molecule has 0 aromatic carbocycles. The number of aliphatic hydroxyl groups is 1. The van der Waals surface area contributed by atoms with Crippen molar-refractivity contribution in [3.05, 3.63) is 0 Å². The Morgan fingerprint density at radius 3 is 2.67 bits per heavy atom. The average Bonchev–Trinajstić information content (AvgIpc) is 2.26. The van der Waals surface area contributed by atoms with Gasteiger partial charge in [-0.1, -0.05) is 0 Å². The molecule has 0 aliphatic carbocycles. The molecule has 0 radical (unpaired) electrons. The number of ether oxygens (including phenoxy) is 1. The van der Waals surface area contributed by atoms with Crippen molar-refractivity contribution in [2.75, 3.05) is 40.4 Å². The minimum atomic E-state index is -0.335. The fraction of sp³-hybridized carbons (Fsp3) is 0.900. The number of amides is 1. The highest BCUT2D eigenvalue weighted by molar-refractivity contribution is 5.67. The molecule has 0 unspecified atom stereocenters. The number of carbonyl (C=O) groups excluding carboxylic acids is 1. The van der Waals surface area contributed by atoms with Crippen molar-refractivity contribution in [3.63, 3.8) is 0 Å². The van der Waals surface area contributed by atoms with Gasteiger partial charge < -0.3 is 19.6 Å². The van der Waals surface area contributed by atoms with Crippen LogP contribution in [0.2, 0.25) is 0 Å². The highest BCUT2D eigenvalue weighted by atomic mass is 16.6. The van der Waals surface area contributed by atoms with Gasteiger partial charge in [-0.3, -0.25) is 0 Å². The molecule has 15 heavy (non-hydrogen) atoms. The number of hydrogen-bond donors (Lipinski definition) is 1. The molecule has 1 fully saturated rings. The zero-order valence-corrected chi connectivity index (χ0v) is 9.48. The maximum Gasteiger partial charge on any atom is 0.409 e. The Hall–Kier alpha value is -0.810. The van der Waals surface area contributed by atoms with E-state index in [2.05, 4.69) is 11.9 Å². The molecule has 1 heterocycles. The van der Waals surface area contributed by atoms with E-state index in [0.717, 1.165) is 25.9 Å². The van der Waals surface area contributed by atoms with E-state index in [0.29, 0.717) is 0 Å². The second kappa shape index (κ2) is 5.92. The second-order valence-electron chi connectivity index (χ2n) is 3.98. The molecule has 1 aliphatic rings. The van der Waals surface area contributed by atoms with Gasteiger partial charge in [-0.15, -0.1) is 0 Å². The van der Waals surface area contributed by atoms with Crippen LogP contribution in [0.5, 0.6) is 0 Å². The molecular formula is C10H20N2O3. The van der Waals surface area contributed by atoms with Crippen LogP contribution >= 0.6 is 0 Å². The predicted octanol–water partition coefficient (Wildman–Crippen LogP) is 0.141. The van der Waals surface area contributed by atoms with Gasteiger partial charge >= 0.3 is 6.09 Å². The summed E-state index contributed by atoms with van der Waals surface area (Å²) in [5.41, 5.74) is 0. The lowest BCUT2D eigenvalue weighted by atomic mass is 10.0. The zero-order valence-electron chi connectivity index (χ0n) is 9.48. The van der Waals surface area contributed by atoms with Crippen molar-refractivity contribution >= 4 is 6.09 Å². The van der Waals surface area contributed by atoms with Crippen molar-refractivity contribution in [1.29, 1.82) is 0 Å². The van der Waals surface area contributed by atoms with Crippen LogP contribution in [0, 0.1) is 0 Å². The van der Waals surface area contributed by atoms with Crippen molar-refractivity contribution in [1.82, 2.24) is 9.80 Å². The first kappa shape index (κ1) is 12.3. The van der Waals surface area contributed by atoms with Crippen molar-refractivity contribution < 1.29 is 14.6 Å². The summed E-state index contributed by atoms with van der Waals surface area (Å²) < 4.78 is 4.86. The van der Waals surface area contributed by atoms with Crippen LogP contribution in [0.25, 0.3) is 0 Å². The third kappa shape index (κ3) is 3.68. The molecule has 88 valence electrons. The van der Waals surface area contributed by atoms with Gasteiger partial charge in [0.1, 0.15) is 6.61 Å². The molecule has 0 saturated carbocycles. The molecular weight excluding hydrogens is 196 g/mol. The summed E-state index contributed by atoms with van der Waals surface area (Å²) in [5, 5.41) is 8.54. The number of likely N-dealkylation sites (tertiary alicyclic amines) is 1. The summed E-state index contributed by atoms with van der Waals surface area (Å²) >= 11 is 0. The molecule has 0 atom stereocenters. The highest BCUT2D eigenvalue weighted by Crippen LogP contribution is 2.14. The fourth-order valence-corrected chi connectivity index (χ4v) is 1.77. The number of aliphatic hydroxyl groups excluding tert-OH is 1. The third-order valence-electron chi connectivity index (χ3n) is 2.84. The first-order chi connectivity index (χ1) is 7.15. The van der Waals surface area contributed by atoms with Gasteiger partial charge in [0.25, 0.3) is 0 Å². The van der Waals surface area contributed by atoms with Crippen molar-refractivity contribution in [2.24, 2.45) is 0 Å². The topological polar surface area (TPSA) is 53.0 Å². The third-order valence-corrected chi connectivity index (χ3v) is 2.84. The summed E-state index contributed by atoms with van der Waals surface area (Å²) in [7, 11) is 3.84. The Balaban J connectivity index is 2.32. The van der Waals surface area contributed by atoms with E-state index in [-0.39, 0.29) is 25.3 Å². The molecule has 1 aliphatic heterocycles. The Morgan fingerprint density at radius 1 is 1.53 bits per heavy atom. The largest absolute Gasteiger partial charge is 0.447 e. The lowest BCUT2D eigenvalue weighted by Crippen LogP contribution is -2.44. The maximum absolute atomic E-state index is 11.5. The van der Waals surface area contributed by atoms with Gasteiger partial charge in [-0.05, 0) is 33.0 Å². The molecule has 1 saturated heterocycles. The Bertz CT molecular complexity index is 203. The Kier molecular flexibility index (Phi) is 4.84. The monoisotopic (exact) mass is 216 g/mol. The van der Waals surface area contributed by atoms with Crippen molar-refractivity contribution in [2.45, 2.75) is 18.9 Å². The van der Waals surface area contributed by atoms with Crippen LogP contribution in [-0.4, -0.2) is 67.4 Å². The van der Waals surface area contributed by atoms with E-state index in [1.807, 2.05) is 0 Å². The SMILES string of the molecule is CN1CCC(N(C)C(=O)OCCO)CC1. The normalized spacial score (nSPS) is 18.9. The van der Waals surface area contributed by atoms with Gasteiger partial charge in [0.15, 0.2) is 0 Å². The van der Waals surface area contributed by atoms with Gasteiger partial charge in [-0.2, -0.15) is 0 Å². The smallest absolute Gasteiger partial charge is 0.409 e. The lowest BCUT2D eigenvalue weighted by Gasteiger charge is -2.34. The van der Waals surface area contributed by atoms with Crippen LogP contribution in [-0.2, 0) is 4.74 Å². The molecule has 0 aromatic heterocycles. The molecule has 1 N–H and O–H groups in total. The van der Waals surface area contributed by atoms with Crippen LogP contribution in [0.3, 0.4) is 0 Å². The van der Waals surface area contributed by atoms with Crippen LogP contribution < -0.4 is 0 Å². The number of nitrogens with zero attached hydrogens (tertiary/aromatic N) is 2. The zero-order chi connectivity index (χ0) is 11.3. The van der Waals surface area contributed by atoms with E-state index in [4.69, 9.17) is 9.84 Å².